The molecule has 28 heavy (non-hydrogen) atoms. The number of likely N-dealkylation sites (tertiary alicyclic amines) is 1. The number of aryl methyl sites for hydroxylation is 1. The molecule has 2 unspecified atom stereocenters. The van der Waals surface area contributed by atoms with Crippen molar-refractivity contribution < 1.29 is 4.79 Å². The zero-order chi connectivity index (χ0) is 18.1. The molecule has 2 atom stereocenters. The van der Waals surface area contributed by atoms with Crippen molar-refractivity contribution in [2.45, 2.75) is 64.0 Å². The topological polar surface area (TPSA) is 58.4 Å². The second kappa shape index (κ2) is 10.2. The molecule has 3 aliphatic rings. The molecule has 2 aliphatic carbocycles. The second-order valence-corrected chi connectivity index (χ2v) is 8.81. The van der Waals surface area contributed by atoms with Crippen LogP contribution in [0, 0.1) is 24.7 Å². The molecule has 0 radical (unpaired) electrons. The molecule has 1 saturated heterocycles. The van der Waals surface area contributed by atoms with Gasteiger partial charge in [-0.25, -0.2) is 0 Å². The summed E-state index contributed by atoms with van der Waals surface area (Å²) in [6, 6.07) is 9.37. The van der Waals surface area contributed by atoms with Gasteiger partial charge in [0.1, 0.15) is 0 Å². The standard InChI is InChI=1S/C22H33N3O.2ClH/c1-15-4-2-7-20(12-15)24-19-8-10-25(11-9-19)22(26)18-13-16-5-3-6-17(14-18)21(16)23;;/h2,4,7,12,16-19,21,24H,3,5-6,8-11,13-14,23H2,1H3;2*1H. The maximum atomic E-state index is 13.1. The number of hydrogen-bond donors (Lipinski definition) is 2. The van der Waals surface area contributed by atoms with Crippen molar-refractivity contribution in [3.8, 4) is 0 Å². The smallest absolute Gasteiger partial charge is 0.225 e. The minimum atomic E-state index is 0. The van der Waals surface area contributed by atoms with Crippen molar-refractivity contribution in [1.82, 2.24) is 4.90 Å². The van der Waals surface area contributed by atoms with Crippen molar-refractivity contribution in [3.05, 3.63) is 29.8 Å². The van der Waals surface area contributed by atoms with E-state index in [-0.39, 0.29) is 30.7 Å². The molecule has 4 nitrogen and oxygen atoms in total. The highest BCUT2D eigenvalue weighted by Gasteiger charge is 2.41. The highest BCUT2D eigenvalue weighted by atomic mass is 35.5. The number of benzene rings is 1. The molecule has 1 amide bonds. The van der Waals surface area contributed by atoms with Crippen LogP contribution in [-0.2, 0) is 4.79 Å². The summed E-state index contributed by atoms with van der Waals surface area (Å²) < 4.78 is 0. The Labute approximate surface area is 181 Å². The van der Waals surface area contributed by atoms with E-state index in [0.717, 1.165) is 38.8 Å². The molecule has 1 heterocycles. The number of anilines is 1. The van der Waals surface area contributed by atoms with E-state index < -0.39 is 0 Å². The third-order valence-electron chi connectivity index (χ3n) is 6.96. The van der Waals surface area contributed by atoms with Crippen LogP contribution in [0.2, 0.25) is 0 Å². The van der Waals surface area contributed by atoms with Crippen LogP contribution in [0.3, 0.4) is 0 Å². The predicted molar refractivity (Wildman–Crippen MR) is 120 cm³/mol. The molecule has 158 valence electrons. The average molecular weight is 428 g/mol. The fraction of sp³-hybridized carbons (Fsp3) is 0.682. The van der Waals surface area contributed by atoms with Gasteiger partial charge < -0.3 is 16.0 Å². The lowest BCUT2D eigenvalue weighted by Gasteiger charge is -2.45. The second-order valence-electron chi connectivity index (χ2n) is 8.81. The van der Waals surface area contributed by atoms with Crippen LogP contribution in [0.15, 0.2) is 24.3 Å². The van der Waals surface area contributed by atoms with Gasteiger partial charge >= 0.3 is 0 Å². The van der Waals surface area contributed by atoms with Crippen LogP contribution < -0.4 is 11.1 Å². The number of halogens is 2. The monoisotopic (exact) mass is 427 g/mol. The summed E-state index contributed by atoms with van der Waals surface area (Å²) in [7, 11) is 0. The normalized spacial score (nSPS) is 30.0. The molecule has 2 bridgehead atoms. The number of piperidine rings is 1. The molecule has 1 aliphatic heterocycles. The van der Waals surface area contributed by atoms with Crippen LogP contribution in [0.25, 0.3) is 0 Å². The third-order valence-corrected chi connectivity index (χ3v) is 6.96. The SMILES string of the molecule is Cc1cccc(NC2CCN(C(=O)C3CC4CCCC(C3)C4N)CC2)c1.Cl.Cl. The molecular formula is C22H35Cl2N3O. The lowest BCUT2D eigenvalue weighted by molar-refractivity contribution is -0.139. The van der Waals surface area contributed by atoms with Gasteiger partial charge in [-0.05, 0) is 75.0 Å². The Morgan fingerprint density at radius 3 is 2.32 bits per heavy atom. The van der Waals surface area contributed by atoms with Crippen molar-refractivity contribution in [3.63, 3.8) is 0 Å². The lowest BCUT2D eigenvalue weighted by atomic mass is 9.65. The van der Waals surface area contributed by atoms with Crippen LogP contribution in [0.1, 0.15) is 50.5 Å². The number of fused-ring (bicyclic) bond motifs is 2. The Bertz CT molecular complexity index is 634. The fourth-order valence-electron chi connectivity index (χ4n) is 5.46. The van der Waals surface area contributed by atoms with Gasteiger partial charge in [0, 0.05) is 36.8 Å². The van der Waals surface area contributed by atoms with Crippen LogP contribution in [0.4, 0.5) is 5.69 Å². The summed E-state index contributed by atoms with van der Waals surface area (Å²) in [6.45, 7) is 3.90. The van der Waals surface area contributed by atoms with Crippen molar-refractivity contribution in [2.24, 2.45) is 23.5 Å². The van der Waals surface area contributed by atoms with E-state index >= 15 is 0 Å². The van der Waals surface area contributed by atoms with Crippen molar-refractivity contribution in [1.29, 1.82) is 0 Å². The van der Waals surface area contributed by atoms with E-state index in [4.69, 9.17) is 5.73 Å². The molecule has 0 spiro atoms. The van der Waals surface area contributed by atoms with E-state index in [2.05, 4.69) is 41.4 Å². The first-order valence-electron chi connectivity index (χ1n) is 10.5. The molecule has 2 saturated carbocycles. The van der Waals surface area contributed by atoms with Crippen molar-refractivity contribution >= 4 is 36.4 Å². The number of hydrogen-bond acceptors (Lipinski definition) is 3. The number of nitrogens with two attached hydrogens (primary N) is 1. The van der Waals surface area contributed by atoms with Crippen molar-refractivity contribution in [2.75, 3.05) is 18.4 Å². The molecular weight excluding hydrogens is 393 g/mol. The summed E-state index contributed by atoms with van der Waals surface area (Å²) in [4.78, 5) is 15.2. The average Bonchev–Trinajstić information content (AvgIpc) is 2.62. The summed E-state index contributed by atoms with van der Waals surface area (Å²) in [5.41, 5.74) is 8.87. The van der Waals surface area contributed by atoms with Gasteiger partial charge in [-0.2, -0.15) is 0 Å². The van der Waals surface area contributed by atoms with Crippen LogP contribution in [0.5, 0.6) is 0 Å². The summed E-state index contributed by atoms with van der Waals surface area (Å²) in [6.07, 6.45) is 7.89. The molecule has 4 rings (SSSR count). The Morgan fingerprint density at radius 2 is 1.71 bits per heavy atom. The van der Waals surface area contributed by atoms with Gasteiger partial charge in [0.25, 0.3) is 0 Å². The zero-order valence-electron chi connectivity index (χ0n) is 16.8. The van der Waals surface area contributed by atoms with Gasteiger partial charge in [0.15, 0.2) is 0 Å². The number of nitrogens with one attached hydrogen (secondary N) is 1. The lowest BCUT2D eigenvalue weighted by Crippen LogP contribution is -2.51. The summed E-state index contributed by atoms with van der Waals surface area (Å²) in [5, 5.41) is 3.64. The maximum Gasteiger partial charge on any atom is 0.225 e. The van der Waals surface area contributed by atoms with Crippen LogP contribution >= 0.6 is 24.8 Å². The minimum absolute atomic E-state index is 0. The number of carbonyl (C=O) groups excluding carboxylic acids is 1. The van der Waals surface area contributed by atoms with E-state index in [1.54, 1.807) is 0 Å². The highest BCUT2D eigenvalue weighted by molar-refractivity contribution is 5.85. The minimum Gasteiger partial charge on any atom is -0.382 e. The molecule has 6 heteroatoms. The Morgan fingerprint density at radius 1 is 1.07 bits per heavy atom. The summed E-state index contributed by atoms with van der Waals surface area (Å²) in [5.74, 6) is 1.79. The maximum absolute atomic E-state index is 13.1. The number of nitrogens with zero attached hydrogens (tertiary/aromatic N) is 1. The quantitative estimate of drug-likeness (QED) is 0.751. The predicted octanol–water partition coefficient (Wildman–Crippen LogP) is 4.40. The third kappa shape index (κ3) is 5.14. The van der Waals surface area contributed by atoms with E-state index in [1.165, 1.54) is 30.5 Å². The Balaban J connectivity index is 0.00000140. The molecule has 0 aromatic heterocycles. The largest absolute Gasteiger partial charge is 0.382 e. The first-order chi connectivity index (χ1) is 12.6. The van der Waals surface area contributed by atoms with Gasteiger partial charge in [0.05, 0.1) is 0 Å². The zero-order valence-corrected chi connectivity index (χ0v) is 18.4. The van der Waals surface area contributed by atoms with Gasteiger partial charge in [-0.15, -0.1) is 24.8 Å². The Hall–Kier alpha value is -0.970. The molecule has 3 N–H and O–H groups in total. The van der Waals surface area contributed by atoms with Gasteiger partial charge in [-0.1, -0.05) is 18.6 Å². The first kappa shape index (κ1) is 23.3. The Kier molecular flexibility index (Phi) is 8.47. The van der Waals surface area contributed by atoms with Crippen LogP contribution in [-0.4, -0.2) is 36.0 Å². The van der Waals surface area contributed by atoms with Gasteiger partial charge in [0.2, 0.25) is 5.91 Å². The number of amides is 1. The summed E-state index contributed by atoms with van der Waals surface area (Å²) >= 11 is 0. The van der Waals surface area contributed by atoms with E-state index in [0.29, 0.717) is 29.8 Å². The molecule has 1 aromatic carbocycles. The van der Waals surface area contributed by atoms with Gasteiger partial charge in [-0.3, -0.25) is 4.79 Å². The number of rotatable bonds is 3. The number of carbonyl (C=O) groups is 1. The highest BCUT2D eigenvalue weighted by Crippen LogP contribution is 2.42. The van der Waals surface area contributed by atoms with E-state index in [9.17, 15) is 4.79 Å². The molecule has 1 aromatic rings. The fourth-order valence-corrected chi connectivity index (χ4v) is 5.46. The van der Waals surface area contributed by atoms with E-state index in [1.807, 2.05) is 0 Å². The first-order valence-corrected chi connectivity index (χ1v) is 10.5. The molecule has 3 fully saturated rings.